The van der Waals surface area contributed by atoms with Crippen molar-refractivity contribution >= 4 is 17.5 Å². The summed E-state index contributed by atoms with van der Waals surface area (Å²) in [6, 6.07) is 19.8. The molecule has 0 bridgehead atoms. The number of rotatable bonds is 6. The molecule has 0 saturated heterocycles. The van der Waals surface area contributed by atoms with Crippen LogP contribution in [0, 0.1) is 0 Å². The lowest BCUT2D eigenvalue weighted by atomic mass is 10.0. The molecule has 1 aliphatic heterocycles. The highest BCUT2D eigenvalue weighted by atomic mass is 16.2. The van der Waals surface area contributed by atoms with E-state index >= 15 is 0 Å². The number of hydrogen-bond acceptors (Lipinski definition) is 3. The molecule has 2 aromatic carbocycles. The topological polar surface area (TPSA) is 62.3 Å². The van der Waals surface area contributed by atoms with E-state index < -0.39 is 0 Å². The van der Waals surface area contributed by atoms with Crippen molar-refractivity contribution in [3.63, 3.8) is 0 Å². The molecule has 0 unspecified atom stereocenters. The number of aromatic nitrogens is 1. The number of fused-ring (bicyclic) bond motifs is 1. The van der Waals surface area contributed by atoms with Crippen molar-refractivity contribution in [1.29, 1.82) is 0 Å². The Morgan fingerprint density at radius 3 is 2.60 bits per heavy atom. The van der Waals surface area contributed by atoms with Crippen molar-refractivity contribution in [2.75, 3.05) is 18.0 Å². The number of para-hydroxylation sites is 1. The summed E-state index contributed by atoms with van der Waals surface area (Å²) in [7, 11) is 0. The Morgan fingerprint density at radius 1 is 0.967 bits per heavy atom. The lowest BCUT2D eigenvalue weighted by molar-refractivity contribution is 0.0953. The molecular weight excluding hydrogens is 374 g/mol. The molecule has 0 spiro atoms. The first-order valence-electron chi connectivity index (χ1n) is 10.4. The Hall–Kier alpha value is -3.47. The first kappa shape index (κ1) is 19.8. The van der Waals surface area contributed by atoms with Crippen LogP contribution in [0.5, 0.6) is 0 Å². The summed E-state index contributed by atoms with van der Waals surface area (Å²) in [6.07, 6.45) is 6.71. The van der Waals surface area contributed by atoms with E-state index in [0.29, 0.717) is 24.2 Å². The van der Waals surface area contributed by atoms with Gasteiger partial charge in [0.2, 0.25) is 0 Å². The van der Waals surface area contributed by atoms with Crippen LogP contribution in [-0.2, 0) is 12.8 Å². The molecule has 5 nitrogen and oxygen atoms in total. The van der Waals surface area contributed by atoms with Gasteiger partial charge in [-0.25, -0.2) is 0 Å². The Labute approximate surface area is 176 Å². The normalized spacial score (nSPS) is 12.9. The van der Waals surface area contributed by atoms with Gasteiger partial charge < -0.3 is 10.2 Å². The van der Waals surface area contributed by atoms with E-state index in [1.165, 1.54) is 23.5 Å². The number of hydrogen-bond donors (Lipinski definition) is 1. The number of carbonyl (C=O) groups excluding carboxylic acids is 2. The van der Waals surface area contributed by atoms with Gasteiger partial charge in [-0.15, -0.1) is 0 Å². The number of nitrogens with one attached hydrogen (secondary N) is 1. The van der Waals surface area contributed by atoms with Crippen molar-refractivity contribution < 1.29 is 9.59 Å². The van der Waals surface area contributed by atoms with E-state index in [1.54, 1.807) is 11.0 Å². The van der Waals surface area contributed by atoms with Crippen molar-refractivity contribution in [1.82, 2.24) is 10.3 Å². The first-order chi connectivity index (χ1) is 14.7. The zero-order chi connectivity index (χ0) is 20.8. The van der Waals surface area contributed by atoms with Crippen molar-refractivity contribution in [2.45, 2.75) is 25.7 Å². The summed E-state index contributed by atoms with van der Waals surface area (Å²) in [5.41, 5.74) is 4.22. The Bertz CT molecular complexity index is 1030. The minimum Gasteiger partial charge on any atom is -0.352 e. The van der Waals surface area contributed by atoms with Gasteiger partial charge >= 0.3 is 0 Å². The lowest BCUT2D eigenvalue weighted by Crippen LogP contribution is -2.35. The van der Waals surface area contributed by atoms with Crippen LogP contribution in [0.15, 0.2) is 73.1 Å². The number of amides is 2. The number of anilines is 1. The van der Waals surface area contributed by atoms with E-state index in [1.807, 2.05) is 36.4 Å². The van der Waals surface area contributed by atoms with Crippen molar-refractivity contribution in [3.05, 3.63) is 95.3 Å². The van der Waals surface area contributed by atoms with Crippen LogP contribution in [0.25, 0.3) is 0 Å². The van der Waals surface area contributed by atoms with Crippen LogP contribution in [-0.4, -0.2) is 29.9 Å². The third kappa shape index (κ3) is 4.57. The zero-order valence-corrected chi connectivity index (χ0v) is 16.9. The number of benzene rings is 2. The maximum absolute atomic E-state index is 13.1. The minimum atomic E-state index is -0.204. The zero-order valence-electron chi connectivity index (χ0n) is 16.9. The van der Waals surface area contributed by atoms with E-state index in [-0.39, 0.29) is 11.8 Å². The third-order valence-corrected chi connectivity index (χ3v) is 5.37. The average Bonchev–Trinajstić information content (AvgIpc) is 2.81. The van der Waals surface area contributed by atoms with Crippen LogP contribution < -0.4 is 10.2 Å². The molecule has 4 rings (SSSR count). The molecule has 0 radical (unpaired) electrons. The number of nitrogens with zero attached hydrogens (tertiary/aromatic N) is 2. The Morgan fingerprint density at radius 2 is 1.73 bits per heavy atom. The van der Waals surface area contributed by atoms with Gasteiger partial charge in [-0.3, -0.25) is 14.6 Å². The van der Waals surface area contributed by atoms with Crippen LogP contribution in [0.2, 0.25) is 0 Å². The van der Waals surface area contributed by atoms with Crippen molar-refractivity contribution in [3.8, 4) is 0 Å². The lowest BCUT2D eigenvalue weighted by Gasteiger charge is -2.29. The molecule has 152 valence electrons. The second-order valence-electron chi connectivity index (χ2n) is 7.50. The fourth-order valence-corrected chi connectivity index (χ4v) is 3.82. The van der Waals surface area contributed by atoms with Crippen LogP contribution in [0.4, 0.5) is 5.69 Å². The number of pyridine rings is 1. The number of aryl methyl sites for hydroxylation is 2. The van der Waals surface area contributed by atoms with E-state index in [0.717, 1.165) is 31.4 Å². The van der Waals surface area contributed by atoms with Gasteiger partial charge in [0, 0.05) is 31.2 Å². The highest BCUT2D eigenvalue weighted by Gasteiger charge is 2.24. The molecule has 2 heterocycles. The molecule has 0 aliphatic carbocycles. The summed E-state index contributed by atoms with van der Waals surface area (Å²) >= 11 is 0. The molecule has 2 amide bonds. The molecule has 3 aromatic rings. The van der Waals surface area contributed by atoms with E-state index in [9.17, 15) is 9.59 Å². The van der Waals surface area contributed by atoms with E-state index in [4.69, 9.17) is 0 Å². The summed E-state index contributed by atoms with van der Waals surface area (Å²) in [6.45, 7) is 1.25. The molecule has 0 fully saturated rings. The highest BCUT2D eigenvalue weighted by Crippen LogP contribution is 2.28. The summed E-state index contributed by atoms with van der Waals surface area (Å²) in [4.78, 5) is 31.6. The smallest absolute Gasteiger partial charge is 0.259 e. The highest BCUT2D eigenvalue weighted by molar-refractivity contribution is 6.08. The molecule has 0 atom stereocenters. The summed E-state index contributed by atoms with van der Waals surface area (Å²) in [5.74, 6) is -0.322. The molecule has 1 aromatic heterocycles. The Balaban J connectivity index is 1.39. The second-order valence-corrected chi connectivity index (χ2v) is 7.50. The second kappa shape index (κ2) is 9.35. The fraction of sp³-hybridized carbons (Fsp3) is 0.240. The van der Waals surface area contributed by atoms with Crippen LogP contribution in [0.3, 0.4) is 0 Å². The maximum Gasteiger partial charge on any atom is 0.259 e. The van der Waals surface area contributed by atoms with Crippen LogP contribution in [0.1, 0.15) is 44.7 Å². The van der Waals surface area contributed by atoms with Gasteiger partial charge in [0.25, 0.3) is 11.8 Å². The molecule has 30 heavy (non-hydrogen) atoms. The minimum absolute atomic E-state index is 0.117. The third-order valence-electron chi connectivity index (χ3n) is 5.37. The molecule has 1 N–H and O–H groups in total. The van der Waals surface area contributed by atoms with Gasteiger partial charge in [-0.05, 0) is 48.9 Å². The molecular formula is C25H25N3O2. The van der Waals surface area contributed by atoms with Gasteiger partial charge in [-0.2, -0.15) is 0 Å². The molecule has 0 saturated carbocycles. The molecule has 1 aliphatic rings. The average molecular weight is 399 g/mol. The SMILES string of the molecule is O=C(NCCCc1ccccc1)c1cncc(C(=O)N2CCCc3ccccc32)c1. The first-order valence-corrected chi connectivity index (χ1v) is 10.4. The van der Waals surface area contributed by atoms with Gasteiger partial charge in [-0.1, -0.05) is 48.5 Å². The monoisotopic (exact) mass is 399 g/mol. The quantitative estimate of drug-likeness (QED) is 0.637. The standard InChI is InChI=1S/C25H25N3O2/c29-24(27-14-6-10-19-8-2-1-3-9-19)21-16-22(18-26-17-21)25(30)28-15-7-12-20-11-4-5-13-23(20)28/h1-5,8-9,11,13,16-18H,6-7,10,12,14-15H2,(H,27,29). The van der Waals surface area contributed by atoms with Crippen molar-refractivity contribution in [2.24, 2.45) is 0 Å². The predicted octanol–water partition coefficient (Wildman–Crippen LogP) is 4.04. The van der Waals surface area contributed by atoms with Crippen LogP contribution >= 0.6 is 0 Å². The maximum atomic E-state index is 13.1. The predicted molar refractivity (Wildman–Crippen MR) is 118 cm³/mol. The summed E-state index contributed by atoms with van der Waals surface area (Å²) in [5, 5.41) is 2.93. The van der Waals surface area contributed by atoms with Gasteiger partial charge in [0.1, 0.15) is 0 Å². The summed E-state index contributed by atoms with van der Waals surface area (Å²) < 4.78 is 0. The fourth-order valence-electron chi connectivity index (χ4n) is 3.82. The van der Waals surface area contributed by atoms with E-state index in [2.05, 4.69) is 28.5 Å². The van der Waals surface area contributed by atoms with Gasteiger partial charge in [0.15, 0.2) is 0 Å². The van der Waals surface area contributed by atoms with Gasteiger partial charge in [0.05, 0.1) is 11.1 Å². The Kier molecular flexibility index (Phi) is 6.18. The largest absolute Gasteiger partial charge is 0.352 e. The number of carbonyl (C=O) groups is 2. The molecule has 5 heteroatoms.